The SMILES string of the molecule is COc1ccc(C(=O)[C@@H]2[C@H](C(=O)c3ccccc3)N3c4ccccc4C(C)=C[C@H]3[C@]23C(=O)Nc2ccccc23)cc1. The van der Waals surface area contributed by atoms with Crippen LogP contribution in [0.4, 0.5) is 11.4 Å². The van der Waals surface area contributed by atoms with Gasteiger partial charge in [0.2, 0.25) is 5.91 Å². The van der Waals surface area contributed by atoms with E-state index in [1.165, 1.54) is 0 Å². The lowest BCUT2D eigenvalue weighted by Gasteiger charge is -2.39. The van der Waals surface area contributed by atoms with Crippen LogP contribution in [0.2, 0.25) is 0 Å². The average Bonchev–Trinajstić information content (AvgIpc) is 3.49. The van der Waals surface area contributed by atoms with Crippen LogP contribution in [0, 0.1) is 5.92 Å². The summed E-state index contributed by atoms with van der Waals surface area (Å²) in [7, 11) is 1.57. The van der Waals surface area contributed by atoms with Gasteiger partial charge in [-0.25, -0.2) is 0 Å². The first-order valence-electron chi connectivity index (χ1n) is 13.7. The molecule has 7 rings (SSSR count). The number of nitrogens with one attached hydrogen (secondary N) is 1. The van der Waals surface area contributed by atoms with Crippen LogP contribution >= 0.6 is 0 Å². The summed E-state index contributed by atoms with van der Waals surface area (Å²) in [5.41, 5.74) is 3.81. The molecule has 1 spiro atoms. The van der Waals surface area contributed by atoms with Crippen LogP contribution in [0.3, 0.4) is 0 Å². The highest BCUT2D eigenvalue weighted by Gasteiger charge is 2.70. The van der Waals surface area contributed by atoms with Gasteiger partial charge >= 0.3 is 0 Å². The number of hydrogen-bond acceptors (Lipinski definition) is 5. The molecule has 3 heterocycles. The summed E-state index contributed by atoms with van der Waals surface area (Å²) in [4.78, 5) is 45.9. The summed E-state index contributed by atoms with van der Waals surface area (Å²) in [6.07, 6.45) is 2.07. The number of anilines is 2. The number of Topliss-reactive ketones (excluding diaryl/α,β-unsaturated/α-hetero) is 2. The van der Waals surface area contributed by atoms with E-state index in [4.69, 9.17) is 4.74 Å². The zero-order valence-electron chi connectivity index (χ0n) is 22.7. The molecule has 41 heavy (non-hydrogen) atoms. The number of para-hydroxylation sites is 2. The lowest BCUT2D eigenvalue weighted by Crippen LogP contribution is -2.51. The largest absolute Gasteiger partial charge is 0.497 e. The molecule has 4 aromatic rings. The number of benzene rings is 4. The third-order valence-electron chi connectivity index (χ3n) is 8.87. The van der Waals surface area contributed by atoms with Crippen molar-refractivity contribution in [3.05, 3.63) is 131 Å². The molecule has 1 amide bonds. The second-order valence-corrected chi connectivity index (χ2v) is 10.8. The van der Waals surface area contributed by atoms with Gasteiger partial charge in [0, 0.05) is 28.1 Å². The highest BCUT2D eigenvalue weighted by molar-refractivity contribution is 6.18. The minimum atomic E-state index is -1.34. The smallest absolute Gasteiger partial charge is 0.238 e. The normalized spacial score (nSPS) is 23.8. The maximum absolute atomic E-state index is 14.8. The van der Waals surface area contributed by atoms with Crippen LogP contribution in [-0.2, 0) is 10.2 Å². The number of nitrogens with zero attached hydrogens (tertiary/aromatic N) is 1. The molecule has 0 unspecified atom stereocenters. The number of carbonyl (C=O) groups excluding carboxylic acids is 3. The summed E-state index contributed by atoms with van der Waals surface area (Å²) in [5, 5.41) is 3.08. The first-order chi connectivity index (χ1) is 20.0. The molecule has 0 bridgehead atoms. The molecule has 0 radical (unpaired) electrons. The fourth-order valence-corrected chi connectivity index (χ4v) is 7.10. The van der Waals surface area contributed by atoms with Crippen LogP contribution in [0.25, 0.3) is 5.57 Å². The van der Waals surface area contributed by atoms with Crippen molar-refractivity contribution >= 4 is 34.4 Å². The highest BCUT2D eigenvalue weighted by Crippen LogP contribution is 2.58. The molecule has 1 N–H and O–H groups in total. The first kappa shape index (κ1) is 25.0. The Balaban J connectivity index is 1.54. The fourth-order valence-electron chi connectivity index (χ4n) is 7.10. The minimum Gasteiger partial charge on any atom is -0.497 e. The van der Waals surface area contributed by atoms with Crippen molar-refractivity contribution in [2.24, 2.45) is 5.92 Å². The van der Waals surface area contributed by atoms with Gasteiger partial charge in [0.05, 0.1) is 19.1 Å². The average molecular weight is 541 g/mol. The molecule has 202 valence electrons. The maximum Gasteiger partial charge on any atom is 0.238 e. The number of fused-ring (bicyclic) bond motifs is 6. The van der Waals surface area contributed by atoms with E-state index >= 15 is 0 Å². The van der Waals surface area contributed by atoms with Crippen molar-refractivity contribution in [2.45, 2.75) is 24.4 Å². The minimum absolute atomic E-state index is 0.195. The number of methoxy groups -OCH3 is 1. The Bertz CT molecular complexity index is 1740. The van der Waals surface area contributed by atoms with Crippen molar-refractivity contribution in [2.75, 3.05) is 17.3 Å². The summed E-state index contributed by atoms with van der Waals surface area (Å²) in [6, 6.07) is 29.9. The predicted octanol–water partition coefficient (Wildman–Crippen LogP) is 5.94. The molecule has 4 atom stereocenters. The lowest BCUT2D eigenvalue weighted by atomic mass is 9.64. The van der Waals surface area contributed by atoms with Gasteiger partial charge in [0.25, 0.3) is 0 Å². The molecule has 1 saturated heterocycles. The third kappa shape index (κ3) is 3.46. The van der Waals surface area contributed by atoms with E-state index in [2.05, 4.69) is 11.4 Å². The van der Waals surface area contributed by atoms with E-state index in [-0.39, 0.29) is 17.5 Å². The van der Waals surface area contributed by atoms with Crippen molar-refractivity contribution in [1.82, 2.24) is 0 Å². The number of amides is 1. The Hall–Kier alpha value is -4.97. The van der Waals surface area contributed by atoms with E-state index in [1.807, 2.05) is 78.6 Å². The van der Waals surface area contributed by atoms with Crippen molar-refractivity contribution < 1.29 is 19.1 Å². The first-order valence-corrected chi connectivity index (χ1v) is 13.7. The number of rotatable bonds is 5. The number of ether oxygens (including phenoxy) is 1. The van der Waals surface area contributed by atoms with Gasteiger partial charge in [-0.15, -0.1) is 0 Å². The van der Waals surface area contributed by atoms with E-state index in [0.717, 1.165) is 22.4 Å². The number of allylic oxidation sites excluding steroid dienone is 1. The van der Waals surface area contributed by atoms with Crippen LogP contribution in [-0.4, -0.2) is 36.7 Å². The van der Waals surface area contributed by atoms with Crippen LogP contribution in [0.15, 0.2) is 109 Å². The summed E-state index contributed by atoms with van der Waals surface area (Å²) in [5.74, 6) is -1.11. The second kappa shape index (κ2) is 9.30. The quantitative estimate of drug-likeness (QED) is 0.317. The van der Waals surface area contributed by atoms with Gasteiger partial charge in [0.15, 0.2) is 11.6 Å². The van der Waals surface area contributed by atoms with Gasteiger partial charge in [0.1, 0.15) is 17.2 Å². The molecule has 3 aliphatic heterocycles. The Morgan fingerprint density at radius 3 is 2.22 bits per heavy atom. The van der Waals surface area contributed by atoms with E-state index < -0.39 is 23.4 Å². The standard InChI is InChI=1S/C35H28N2O4/c1-21-20-29-35(26-13-7-8-14-27(26)36-34(35)40)30(32(38)23-16-18-24(41-2)19-17-23)31(33(39)22-10-4-3-5-11-22)37(29)28-15-9-6-12-25(21)28/h3-20,29-31H,1-2H3,(H,36,40)/t29-,30-,31+,35-/m0/s1. The van der Waals surface area contributed by atoms with Gasteiger partial charge in [-0.2, -0.15) is 0 Å². The Morgan fingerprint density at radius 1 is 0.805 bits per heavy atom. The molecule has 0 saturated carbocycles. The summed E-state index contributed by atoms with van der Waals surface area (Å²) in [6.45, 7) is 2.02. The van der Waals surface area contributed by atoms with Gasteiger partial charge < -0.3 is 15.0 Å². The lowest BCUT2D eigenvalue weighted by molar-refractivity contribution is -0.121. The van der Waals surface area contributed by atoms with Gasteiger partial charge in [-0.1, -0.05) is 72.8 Å². The molecule has 0 aliphatic carbocycles. The Labute approximate surface area is 238 Å². The fraction of sp³-hybridized carbons (Fsp3) is 0.171. The van der Waals surface area contributed by atoms with Crippen molar-refractivity contribution in [1.29, 1.82) is 0 Å². The Kier molecular flexibility index (Phi) is 5.68. The zero-order chi connectivity index (χ0) is 28.3. The third-order valence-corrected chi connectivity index (χ3v) is 8.87. The second-order valence-electron chi connectivity index (χ2n) is 10.8. The van der Waals surface area contributed by atoms with Crippen LogP contribution in [0.5, 0.6) is 5.75 Å². The summed E-state index contributed by atoms with van der Waals surface area (Å²) >= 11 is 0. The van der Waals surface area contributed by atoms with Crippen LogP contribution in [0.1, 0.15) is 38.8 Å². The zero-order valence-corrected chi connectivity index (χ0v) is 22.7. The van der Waals surface area contributed by atoms with E-state index in [1.54, 1.807) is 43.5 Å². The molecule has 0 aromatic heterocycles. The Morgan fingerprint density at radius 2 is 1.46 bits per heavy atom. The van der Waals surface area contributed by atoms with Gasteiger partial charge in [-0.3, -0.25) is 14.4 Å². The topological polar surface area (TPSA) is 75.7 Å². The van der Waals surface area contributed by atoms with E-state index in [9.17, 15) is 14.4 Å². The monoisotopic (exact) mass is 540 g/mol. The number of carbonyl (C=O) groups is 3. The molecule has 6 nitrogen and oxygen atoms in total. The summed E-state index contributed by atoms with van der Waals surface area (Å²) < 4.78 is 5.33. The van der Waals surface area contributed by atoms with Gasteiger partial charge in [-0.05, 0) is 54.5 Å². The van der Waals surface area contributed by atoms with Crippen molar-refractivity contribution in [3.8, 4) is 5.75 Å². The molecular weight excluding hydrogens is 512 g/mol. The molecule has 4 aromatic carbocycles. The molecule has 6 heteroatoms. The molecule has 1 fully saturated rings. The maximum atomic E-state index is 14.8. The number of hydrogen-bond donors (Lipinski definition) is 1. The van der Waals surface area contributed by atoms with E-state index in [0.29, 0.717) is 22.6 Å². The van der Waals surface area contributed by atoms with Crippen molar-refractivity contribution in [3.63, 3.8) is 0 Å². The number of ketones is 2. The molecular formula is C35H28N2O4. The predicted molar refractivity (Wildman–Crippen MR) is 158 cm³/mol. The van der Waals surface area contributed by atoms with Crippen LogP contribution < -0.4 is 15.0 Å². The molecule has 3 aliphatic rings. The highest BCUT2D eigenvalue weighted by atomic mass is 16.5.